The predicted molar refractivity (Wildman–Crippen MR) is 65.2 cm³/mol. The highest BCUT2D eigenvalue weighted by Crippen LogP contribution is 2.12. The van der Waals surface area contributed by atoms with Gasteiger partial charge in [0.25, 0.3) is 0 Å². The van der Waals surface area contributed by atoms with Crippen LogP contribution in [-0.4, -0.2) is 66.5 Å². The van der Waals surface area contributed by atoms with E-state index in [1.54, 1.807) is 23.6 Å². The van der Waals surface area contributed by atoms with Crippen LogP contribution < -0.4 is 5.32 Å². The molecule has 0 atom stereocenters. The van der Waals surface area contributed by atoms with Crippen LogP contribution in [0.15, 0.2) is 5.16 Å². The molecule has 98 valence electrons. The lowest BCUT2D eigenvalue weighted by atomic mass is 10.6. The number of tetrazole rings is 1. The van der Waals surface area contributed by atoms with Gasteiger partial charge < -0.3 is 14.8 Å². The van der Waals surface area contributed by atoms with Crippen molar-refractivity contribution in [3.8, 4) is 0 Å². The van der Waals surface area contributed by atoms with E-state index >= 15 is 0 Å². The summed E-state index contributed by atoms with van der Waals surface area (Å²) in [4.78, 5) is 0. The fraction of sp³-hybridized carbons (Fsp3) is 0.889. The van der Waals surface area contributed by atoms with E-state index < -0.39 is 0 Å². The maximum absolute atomic E-state index is 5.36. The Morgan fingerprint density at radius 1 is 1.35 bits per heavy atom. The van der Waals surface area contributed by atoms with Crippen LogP contribution in [0.2, 0.25) is 0 Å². The number of nitrogens with zero attached hydrogens (tertiary/aromatic N) is 4. The molecule has 0 spiro atoms. The van der Waals surface area contributed by atoms with Crippen LogP contribution in [0.4, 0.5) is 0 Å². The van der Waals surface area contributed by atoms with Crippen LogP contribution in [0, 0.1) is 0 Å². The monoisotopic (exact) mass is 261 g/mol. The summed E-state index contributed by atoms with van der Waals surface area (Å²) in [6, 6.07) is 0. The zero-order chi connectivity index (χ0) is 12.3. The normalized spacial score (nSPS) is 10.9. The van der Waals surface area contributed by atoms with Crippen molar-refractivity contribution in [3.63, 3.8) is 0 Å². The average Bonchev–Trinajstić information content (AvgIpc) is 2.78. The van der Waals surface area contributed by atoms with Gasteiger partial charge in [-0.05, 0) is 17.5 Å². The maximum atomic E-state index is 5.36. The highest BCUT2D eigenvalue weighted by atomic mass is 32.2. The molecule has 0 aliphatic carbocycles. The lowest BCUT2D eigenvalue weighted by Crippen LogP contribution is -2.16. The van der Waals surface area contributed by atoms with Crippen molar-refractivity contribution in [2.45, 2.75) is 11.7 Å². The Morgan fingerprint density at radius 3 is 3.00 bits per heavy atom. The summed E-state index contributed by atoms with van der Waals surface area (Å²) in [5.74, 6) is 0.837. The molecular formula is C9H19N5O2S. The number of aromatic nitrogens is 4. The van der Waals surface area contributed by atoms with Gasteiger partial charge in [0.2, 0.25) is 5.16 Å². The number of methoxy groups -OCH3 is 1. The molecule has 1 aromatic rings. The van der Waals surface area contributed by atoms with Gasteiger partial charge in [0.1, 0.15) is 0 Å². The molecule has 1 heterocycles. The van der Waals surface area contributed by atoms with Gasteiger partial charge in [-0.25, -0.2) is 4.68 Å². The molecule has 0 unspecified atom stereocenters. The van der Waals surface area contributed by atoms with Crippen LogP contribution in [0.5, 0.6) is 0 Å². The highest BCUT2D eigenvalue weighted by molar-refractivity contribution is 7.99. The lowest BCUT2D eigenvalue weighted by molar-refractivity contribution is 0.0790. The average molecular weight is 261 g/mol. The molecule has 0 aliphatic rings. The molecule has 0 saturated carbocycles. The summed E-state index contributed by atoms with van der Waals surface area (Å²) in [5.41, 5.74) is 0. The minimum atomic E-state index is 0.627. The predicted octanol–water partition coefficient (Wildman–Crippen LogP) is -0.352. The smallest absolute Gasteiger partial charge is 0.209 e. The van der Waals surface area contributed by atoms with E-state index in [0.717, 1.165) is 24.0 Å². The van der Waals surface area contributed by atoms with Crippen molar-refractivity contribution in [2.24, 2.45) is 0 Å². The summed E-state index contributed by atoms with van der Waals surface area (Å²) in [7, 11) is 3.56. The molecule has 1 N–H and O–H groups in total. The summed E-state index contributed by atoms with van der Waals surface area (Å²) in [5, 5.41) is 15.4. The van der Waals surface area contributed by atoms with Crippen LogP contribution >= 0.6 is 11.8 Å². The minimum absolute atomic E-state index is 0.627. The van der Waals surface area contributed by atoms with Crippen LogP contribution in [-0.2, 0) is 16.0 Å². The molecule has 0 aromatic carbocycles. The number of ether oxygens (including phenoxy) is 2. The summed E-state index contributed by atoms with van der Waals surface area (Å²) in [6.45, 7) is 3.55. The first-order chi connectivity index (χ1) is 8.38. The van der Waals surface area contributed by atoms with Gasteiger partial charge in [-0.1, -0.05) is 11.8 Å². The molecule has 0 saturated heterocycles. The van der Waals surface area contributed by atoms with Crippen LogP contribution in [0.25, 0.3) is 0 Å². The fourth-order valence-corrected chi connectivity index (χ4v) is 1.85. The van der Waals surface area contributed by atoms with Crippen LogP contribution in [0.1, 0.15) is 0 Å². The van der Waals surface area contributed by atoms with Gasteiger partial charge >= 0.3 is 0 Å². The number of nitrogens with one attached hydrogen (secondary N) is 1. The van der Waals surface area contributed by atoms with Crippen molar-refractivity contribution < 1.29 is 9.47 Å². The summed E-state index contributed by atoms with van der Waals surface area (Å²) < 4.78 is 12.0. The zero-order valence-corrected chi connectivity index (χ0v) is 11.1. The van der Waals surface area contributed by atoms with Crippen molar-refractivity contribution in [1.29, 1.82) is 0 Å². The molecule has 17 heavy (non-hydrogen) atoms. The minimum Gasteiger partial charge on any atom is -0.382 e. The van der Waals surface area contributed by atoms with E-state index in [1.165, 1.54) is 0 Å². The molecule has 0 bridgehead atoms. The standard InChI is InChI=1S/C9H19N5O2S/c1-10-3-4-14-9(11-12-13-14)17-8-7-16-6-5-15-2/h10H,3-8H2,1-2H3. The third-order valence-electron chi connectivity index (χ3n) is 1.96. The molecule has 1 rings (SSSR count). The lowest BCUT2D eigenvalue weighted by Gasteiger charge is -2.04. The Balaban J connectivity index is 2.15. The Hall–Kier alpha value is -0.700. The Bertz CT molecular complexity index is 297. The second-order valence-corrected chi connectivity index (χ2v) is 4.30. The van der Waals surface area contributed by atoms with E-state index in [-0.39, 0.29) is 0 Å². The van der Waals surface area contributed by atoms with E-state index in [9.17, 15) is 0 Å². The molecule has 0 amide bonds. The maximum Gasteiger partial charge on any atom is 0.209 e. The van der Waals surface area contributed by atoms with Crippen LogP contribution in [0.3, 0.4) is 0 Å². The number of thioether (sulfide) groups is 1. The fourth-order valence-electron chi connectivity index (χ4n) is 1.09. The van der Waals surface area contributed by atoms with Crippen molar-refractivity contribution >= 4 is 11.8 Å². The summed E-state index contributed by atoms with van der Waals surface area (Å²) in [6.07, 6.45) is 0. The third-order valence-corrected chi connectivity index (χ3v) is 2.88. The quantitative estimate of drug-likeness (QED) is 0.456. The van der Waals surface area contributed by atoms with Gasteiger partial charge in [0.15, 0.2) is 0 Å². The van der Waals surface area contributed by atoms with Gasteiger partial charge in [0.05, 0.1) is 26.4 Å². The second kappa shape index (κ2) is 9.34. The van der Waals surface area contributed by atoms with E-state index in [0.29, 0.717) is 19.8 Å². The van der Waals surface area contributed by atoms with Crippen molar-refractivity contribution in [3.05, 3.63) is 0 Å². The Kier molecular flexibility index (Phi) is 7.89. The van der Waals surface area contributed by atoms with E-state index in [4.69, 9.17) is 9.47 Å². The number of rotatable bonds is 10. The SMILES string of the molecule is CNCCn1nnnc1SCCOCCOC. The van der Waals surface area contributed by atoms with E-state index in [2.05, 4.69) is 20.8 Å². The van der Waals surface area contributed by atoms with Crippen molar-refractivity contribution in [2.75, 3.05) is 46.3 Å². The number of likely N-dealkylation sites (N-methyl/N-ethyl adjacent to an activating group) is 1. The molecule has 0 fully saturated rings. The zero-order valence-electron chi connectivity index (χ0n) is 10.3. The number of hydrogen-bond donors (Lipinski definition) is 1. The van der Waals surface area contributed by atoms with E-state index in [1.807, 2.05) is 7.05 Å². The first-order valence-corrected chi connectivity index (χ1v) is 6.47. The Labute approximate surface area is 105 Å². The van der Waals surface area contributed by atoms with Gasteiger partial charge in [0, 0.05) is 19.4 Å². The second-order valence-electron chi connectivity index (χ2n) is 3.24. The van der Waals surface area contributed by atoms with Gasteiger partial charge in [-0.2, -0.15) is 0 Å². The first-order valence-electron chi connectivity index (χ1n) is 5.48. The van der Waals surface area contributed by atoms with Gasteiger partial charge in [-0.15, -0.1) is 5.10 Å². The molecule has 1 aromatic heterocycles. The largest absolute Gasteiger partial charge is 0.382 e. The first kappa shape index (κ1) is 14.4. The number of hydrogen-bond acceptors (Lipinski definition) is 7. The molecule has 8 heteroatoms. The van der Waals surface area contributed by atoms with Gasteiger partial charge in [-0.3, -0.25) is 0 Å². The highest BCUT2D eigenvalue weighted by Gasteiger charge is 2.05. The summed E-state index contributed by atoms with van der Waals surface area (Å²) >= 11 is 1.60. The van der Waals surface area contributed by atoms with Crippen molar-refractivity contribution in [1.82, 2.24) is 25.5 Å². The molecule has 0 radical (unpaired) electrons. The topological polar surface area (TPSA) is 74.1 Å². The Morgan fingerprint density at radius 2 is 2.24 bits per heavy atom. The molecule has 0 aliphatic heterocycles. The molecule has 7 nitrogen and oxygen atoms in total. The third kappa shape index (κ3) is 5.97. The molecular weight excluding hydrogens is 242 g/mol.